The van der Waals surface area contributed by atoms with E-state index in [4.69, 9.17) is 4.98 Å². The third kappa shape index (κ3) is 4.66. The fraction of sp³-hybridized carbons (Fsp3) is 0.323. The maximum atomic E-state index is 4.75. The molecule has 0 amide bonds. The molecule has 0 atom stereocenters. The summed E-state index contributed by atoms with van der Waals surface area (Å²) in [6.45, 7) is 13.7. The maximum Gasteiger partial charge on any atom is 0.144 e. The molecule has 0 bridgehead atoms. The summed E-state index contributed by atoms with van der Waals surface area (Å²) in [6, 6.07) is 22.4. The molecule has 0 unspecified atom stereocenters. The molecule has 2 nitrogen and oxygen atoms in total. The van der Waals surface area contributed by atoms with E-state index >= 15 is 0 Å². The van der Waals surface area contributed by atoms with E-state index in [0.29, 0.717) is 11.8 Å². The summed E-state index contributed by atoms with van der Waals surface area (Å²) in [6.07, 6.45) is 6.15. The molecule has 0 spiro atoms. The molecule has 0 aliphatic heterocycles. The molecule has 4 rings (SSSR count). The van der Waals surface area contributed by atoms with Crippen LogP contribution in [0.2, 0.25) is 0 Å². The first-order valence-corrected chi connectivity index (χ1v) is 12.3. The Bertz CT molecular complexity index is 1180. The number of benzene rings is 3. The van der Waals surface area contributed by atoms with Crippen LogP contribution in [0.3, 0.4) is 0 Å². The Morgan fingerprint density at radius 1 is 0.697 bits per heavy atom. The molecule has 0 aliphatic carbocycles. The van der Waals surface area contributed by atoms with Gasteiger partial charge in [0.2, 0.25) is 0 Å². The van der Waals surface area contributed by atoms with Crippen LogP contribution in [-0.4, -0.2) is 9.55 Å². The molecule has 0 fully saturated rings. The standard InChI is InChI=1S/C31H36N2/c1-7-23-16-24(8-2)18-26(17-23)27-19-28(21(3)4)30(29(20-27)22(5)6)33-15-14-32-31(33)25-12-10-9-11-13-25/h9-22H,7-8H2,1-6H3. The van der Waals surface area contributed by atoms with Gasteiger partial charge in [-0.25, -0.2) is 4.98 Å². The second-order valence-electron chi connectivity index (χ2n) is 9.54. The fourth-order valence-corrected chi connectivity index (χ4v) is 4.63. The van der Waals surface area contributed by atoms with Crippen molar-refractivity contribution in [2.75, 3.05) is 0 Å². The zero-order valence-electron chi connectivity index (χ0n) is 20.9. The Kier molecular flexibility index (Phi) is 6.83. The SMILES string of the molecule is CCc1cc(CC)cc(-c2cc(C(C)C)c(-n3ccnc3-c3ccccc3)c(C(C)C)c2)c1. The van der Waals surface area contributed by atoms with Crippen LogP contribution >= 0.6 is 0 Å². The summed E-state index contributed by atoms with van der Waals surface area (Å²) in [5.74, 6) is 1.78. The number of nitrogens with zero attached hydrogens (tertiary/aromatic N) is 2. The predicted molar refractivity (Wildman–Crippen MR) is 141 cm³/mol. The lowest BCUT2D eigenvalue weighted by Gasteiger charge is -2.24. The van der Waals surface area contributed by atoms with Gasteiger partial charge in [0.15, 0.2) is 0 Å². The van der Waals surface area contributed by atoms with Crippen LogP contribution < -0.4 is 0 Å². The van der Waals surface area contributed by atoms with Gasteiger partial charge >= 0.3 is 0 Å². The van der Waals surface area contributed by atoms with Gasteiger partial charge in [-0.15, -0.1) is 0 Å². The summed E-state index contributed by atoms with van der Waals surface area (Å²) >= 11 is 0. The van der Waals surface area contributed by atoms with Crippen LogP contribution in [-0.2, 0) is 12.8 Å². The molecule has 1 aromatic heterocycles. The quantitative estimate of drug-likeness (QED) is 0.284. The number of hydrogen-bond acceptors (Lipinski definition) is 1. The fourth-order valence-electron chi connectivity index (χ4n) is 4.63. The zero-order valence-corrected chi connectivity index (χ0v) is 20.9. The van der Waals surface area contributed by atoms with Crippen molar-refractivity contribution in [3.63, 3.8) is 0 Å². The van der Waals surface area contributed by atoms with E-state index in [1.807, 2.05) is 6.20 Å². The van der Waals surface area contributed by atoms with Crippen molar-refractivity contribution >= 4 is 0 Å². The molecule has 0 saturated carbocycles. The van der Waals surface area contributed by atoms with Gasteiger partial charge in [-0.05, 0) is 70.2 Å². The topological polar surface area (TPSA) is 17.8 Å². The first kappa shape index (κ1) is 23.0. The number of hydrogen-bond donors (Lipinski definition) is 0. The average molecular weight is 437 g/mol. The molecule has 170 valence electrons. The third-order valence-electron chi connectivity index (χ3n) is 6.53. The number of aryl methyl sites for hydroxylation is 2. The third-order valence-corrected chi connectivity index (χ3v) is 6.53. The molecule has 0 saturated heterocycles. The molecular formula is C31H36N2. The molecule has 0 aliphatic rings. The van der Waals surface area contributed by atoms with E-state index in [1.54, 1.807) is 0 Å². The van der Waals surface area contributed by atoms with Crippen LogP contribution in [0.5, 0.6) is 0 Å². The monoisotopic (exact) mass is 436 g/mol. The average Bonchev–Trinajstić information content (AvgIpc) is 3.32. The Balaban J connectivity index is 1.97. The summed E-state index contributed by atoms with van der Waals surface area (Å²) in [5, 5.41) is 0. The van der Waals surface area contributed by atoms with Crippen molar-refractivity contribution in [2.24, 2.45) is 0 Å². The number of aromatic nitrogens is 2. The zero-order chi connectivity index (χ0) is 23.5. The van der Waals surface area contributed by atoms with Gasteiger partial charge in [-0.3, -0.25) is 4.57 Å². The minimum Gasteiger partial charge on any atom is -0.299 e. The van der Waals surface area contributed by atoms with E-state index in [0.717, 1.165) is 24.2 Å². The Labute approximate surface area is 199 Å². The number of imidazole rings is 1. The van der Waals surface area contributed by atoms with Crippen LogP contribution in [0.15, 0.2) is 73.1 Å². The molecule has 1 heterocycles. The van der Waals surface area contributed by atoms with E-state index < -0.39 is 0 Å². The molecule has 3 aromatic carbocycles. The maximum absolute atomic E-state index is 4.75. The Morgan fingerprint density at radius 3 is 1.76 bits per heavy atom. The summed E-state index contributed by atoms with van der Waals surface area (Å²) in [4.78, 5) is 4.75. The van der Waals surface area contributed by atoms with Gasteiger partial charge in [-0.1, -0.05) is 90.1 Å². The van der Waals surface area contributed by atoms with Crippen molar-refractivity contribution in [1.82, 2.24) is 9.55 Å². The first-order valence-electron chi connectivity index (χ1n) is 12.3. The van der Waals surface area contributed by atoms with Crippen molar-refractivity contribution in [1.29, 1.82) is 0 Å². The van der Waals surface area contributed by atoms with Crippen LogP contribution in [0.25, 0.3) is 28.2 Å². The van der Waals surface area contributed by atoms with E-state index in [9.17, 15) is 0 Å². The molecular weight excluding hydrogens is 400 g/mol. The minimum absolute atomic E-state index is 0.392. The van der Waals surface area contributed by atoms with E-state index in [1.165, 1.54) is 39.1 Å². The molecule has 0 radical (unpaired) electrons. The van der Waals surface area contributed by atoms with Gasteiger partial charge < -0.3 is 0 Å². The van der Waals surface area contributed by atoms with Gasteiger partial charge in [0.1, 0.15) is 5.82 Å². The van der Waals surface area contributed by atoms with Crippen molar-refractivity contribution in [3.05, 3.63) is 95.3 Å². The summed E-state index contributed by atoms with van der Waals surface area (Å²) in [5.41, 5.74) is 10.6. The highest BCUT2D eigenvalue weighted by Gasteiger charge is 2.21. The molecule has 4 aromatic rings. The van der Waals surface area contributed by atoms with Crippen LogP contribution in [0.1, 0.15) is 75.6 Å². The molecule has 0 N–H and O–H groups in total. The normalized spacial score (nSPS) is 11.5. The lowest BCUT2D eigenvalue weighted by molar-refractivity contribution is 0.807. The highest BCUT2D eigenvalue weighted by molar-refractivity contribution is 5.72. The summed E-state index contributed by atoms with van der Waals surface area (Å²) in [7, 11) is 0. The lowest BCUT2D eigenvalue weighted by atomic mass is 9.87. The van der Waals surface area contributed by atoms with Crippen molar-refractivity contribution in [3.8, 4) is 28.2 Å². The predicted octanol–water partition coefficient (Wildman–Crippen LogP) is 8.58. The highest BCUT2D eigenvalue weighted by Crippen LogP contribution is 2.38. The van der Waals surface area contributed by atoms with Crippen molar-refractivity contribution in [2.45, 2.75) is 66.2 Å². The number of rotatable bonds is 7. The Morgan fingerprint density at radius 2 is 1.24 bits per heavy atom. The van der Waals surface area contributed by atoms with E-state index in [-0.39, 0.29) is 0 Å². The van der Waals surface area contributed by atoms with Crippen molar-refractivity contribution < 1.29 is 0 Å². The van der Waals surface area contributed by atoms with Gasteiger partial charge in [0.25, 0.3) is 0 Å². The van der Waals surface area contributed by atoms with Crippen LogP contribution in [0.4, 0.5) is 0 Å². The van der Waals surface area contributed by atoms with Gasteiger partial charge in [0.05, 0.1) is 5.69 Å². The lowest BCUT2D eigenvalue weighted by Crippen LogP contribution is -2.08. The smallest absolute Gasteiger partial charge is 0.144 e. The van der Waals surface area contributed by atoms with Gasteiger partial charge in [-0.2, -0.15) is 0 Å². The van der Waals surface area contributed by atoms with Crippen LogP contribution in [0, 0.1) is 0 Å². The highest BCUT2D eigenvalue weighted by atomic mass is 15.1. The van der Waals surface area contributed by atoms with Gasteiger partial charge in [0, 0.05) is 18.0 Å². The minimum atomic E-state index is 0.392. The molecule has 2 heteroatoms. The molecule has 33 heavy (non-hydrogen) atoms. The second kappa shape index (κ2) is 9.79. The largest absolute Gasteiger partial charge is 0.299 e. The summed E-state index contributed by atoms with van der Waals surface area (Å²) < 4.78 is 2.30. The van der Waals surface area contributed by atoms with E-state index in [2.05, 4.69) is 113 Å². The second-order valence-corrected chi connectivity index (χ2v) is 9.54. The first-order chi connectivity index (χ1) is 15.9. The Hall–Kier alpha value is -3.13.